The van der Waals surface area contributed by atoms with E-state index in [1.807, 2.05) is 0 Å². The molecule has 6 nitrogen and oxygen atoms in total. The Kier molecular flexibility index (Phi) is 3.72. The van der Waals surface area contributed by atoms with Crippen LogP contribution in [0.2, 0.25) is 0 Å². The van der Waals surface area contributed by atoms with Gasteiger partial charge in [-0.05, 0) is 18.5 Å². The fraction of sp³-hybridized carbons (Fsp3) is 0.250. The molecule has 0 unspecified atom stereocenters. The first-order valence-corrected chi connectivity index (χ1v) is 7.87. The van der Waals surface area contributed by atoms with Crippen LogP contribution in [0, 0.1) is 0 Å². The van der Waals surface area contributed by atoms with Crippen LogP contribution in [0.5, 0.6) is 0 Å². The normalized spacial score (nSPS) is 11.6. The van der Waals surface area contributed by atoms with Gasteiger partial charge in [-0.2, -0.15) is 0 Å². The predicted octanol–water partition coefficient (Wildman–Crippen LogP) is 1.12. The summed E-state index contributed by atoms with van der Waals surface area (Å²) in [5, 5.41) is 12.2. The molecule has 0 fully saturated rings. The Balaban J connectivity index is 2.28. The number of rotatable bonds is 5. The molecule has 2 heterocycles. The van der Waals surface area contributed by atoms with E-state index in [4.69, 9.17) is 0 Å². The Hall–Kier alpha value is -1.03. The van der Waals surface area contributed by atoms with Crippen molar-refractivity contribution in [2.24, 2.45) is 0 Å². The van der Waals surface area contributed by atoms with Crippen molar-refractivity contribution in [3.05, 3.63) is 21.8 Å². The van der Waals surface area contributed by atoms with Gasteiger partial charge in [0.05, 0.1) is 0 Å². The van der Waals surface area contributed by atoms with E-state index < -0.39 is 10.0 Å². The lowest BCUT2D eigenvalue weighted by atomic mass is 10.5. The summed E-state index contributed by atoms with van der Waals surface area (Å²) in [6.45, 7) is 0.518. The van der Waals surface area contributed by atoms with Crippen LogP contribution >= 0.6 is 22.7 Å². The van der Waals surface area contributed by atoms with Crippen LogP contribution in [-0.4, -0.2) is 25.7 Å². The van der Waals surface area contributed by atoms with E-state index in [0.717, 1.165) is 16.2 Å². The summed E-state index contributed by atoms with van der Waals surface area (Å²) in [5.41, 5.74) is 1.47. The first-order chi connectivity index (χ1) is 8.13. The molecule has 0 amide bonds. The van der Waals surface area contributed by atoms with E-state index in [1.165, 1.54) is 16.8 Å². The van der Waals surface area contributed by atoms with Gasteiger partial charge in [0, 0.05) is 11.4 Å². The zero-order valence-electron chi connectivity index (χ0n) is 8.87. The molecule has 0 bridgehead atoms. The topological polar surface area (TPSA) is 84.0 Å². The van der Waals surface area contributed by atoms with Crippen LogP contribution in [0.3, 0.4) is 0 Å². The van der Waals surface area contributed by atoms with E-state index in [-0.39, 0.29) is 10.0 Å². The number of thiophene rings is 1. The fourth-order valence-electron chi connectivity index (χ4n) is 1.25. The molecule has 0 atom stereocenters. The fourth-order valence-corrected chi connectivity index (χ4v) is 4.39. The summed E-state index contributed by atoms with van der Waals surface area (Å²) in [4.78, 5) is 1.05. The minimum atomic E-state index is -3.56. The van der Waals surface area contributed by atoms with Gasteiger partial charge >= 0.3 is 0 Å². The number of sulfonamides is 1. The van der Waals surface area contributed by atoms with Crippen molar-refractivity contribution < 1.29 is 8.42 Å². The lowest BCUT2D eigenvalue weighted by Gasteiger charge is -2.05. The zero-order valence-corrected chi connectivity index (χ0v) is 11.3. The molecule has 2 rings (SSSR count). The summed E-state index contributed by atoms with van der Waals surface area (Å²) >= 11 is 2.54. The summed E-state index contributed by atoms with van der Waals surface area (Å²) in [7, 11) is -1.79. The average Bonchev–Trinajstić information content (AvgIpc) is 2.88. The van der Waals surface area contributed by atoms with Crippen molar-refractivity contribution in [2.75, 3.05) is 11.8 Å². The van der Waals surface area contributed by atoms with Gasteiger partial charge in [0.25, 0.3) is 10.0 Å². The largest absolute Gasteiger partial charge is 0.315 e. The summed E-state index contributed by atoms with van der Waals surface area (Å²) < 4.78 is 26.5. The molecule has 0 radical (unpaired) electrons. The summed E-state index contributed by atoms with van der Waals surface area (Å²) in [5.74, 6) is 0. The molecule has 0 spiro atoms. The molecule has 0 saturated carbocycles. The molecule has 0 aliphatic heterocycles. The van der Waals surface area contributed by atoms with Gasteiger partial charge in [-0.15, -0.1) is 21.5 Å². The molecule has 92 valence electrons. The molecule has 0 aromatic carbocycles. The highest BCUT2D eigenvalue weighted by molar-refractivity contribution is 7.93. The van der Waals surface area contributed by atoms with Gasteiger partial charge in [0.1, 0.15) is 10.4 Å². The van der Waals surface area contributed by atoms with Crippen LogP contribution in [0.25, 0.3) is 0 Å². The summed E-state index contributed by atoms with van der Waals surface area (Å²) in [6.07, 6.45) is 0. The Morgan fingerprint density at radius 1 is 1.41 bits per heavy atom. The maximum Gasteiger partial charge on any atom is 0.264 e. The van der Waals surface area contributed by atoms with E-state index in [0.29, 0.717) is 6.54 Å². The average molecular weight is 290 g/mol. The second-order valence-electron chi connectivity index (χ2n) is 3.09. The van der Waals surface area contributed by atoms with Crippen LogP contribution < -0.4 is 10.0 Å². The number of hydrogen-bond acceptors (Lipinski definition) is 7. The Morgan fingerprint density at radius 2 is 2.24 bits per heavy atom. The van der Waals surface area contributed by atoms with Crippen molar-refractivity contribution in [3.63, 3.8) is 0 Å². The van der Waals surface area contributed by atoms with Crippen molar-refractivity contribution in [2.45, 2.75) is 11.4 Å². The summed E-state index contributed by atoms with van der Waals surface area (Å²) in [6, 6.07) is 1.58. The van der Waals surface area contributed by atoms with Gasteiger partial charge in [-0.3, -0.25) is 4.72 Å². The monoisotopic (exact) mass is 290 g/mol. The van der Waals surface area contributed by atoms with Crippen LogP contribution in [-0.2, 0) is 16.6 Å². The Bertz CT molecular complexity index is 576. The molecule has 2 N–H and O–H groups in total. The zero-order chi connectivity index (χ0) is 12.3. The molecule has 2 aromatic heterocycles. The SMILES string of the molecule is CNCc1sccc1S(=O)(=O)Nc1nncs1. The van der Waals surface area contributed by atoms with Crippen molar-refractivity contribution in [1.29, 1.82) is 0 Å². The third-order valence-electron chi connectivity index (χ3n) is 1.91. The van der Waals surface area contributed by atoms with E-state index in [1.54, 1.807) is 18.5 Å². The lowest BCUT2D eigenvalue weighted by molar-refractivity contribution is 0.600. The molecular formula is C8H10N4O2S3. The van der Waals surface area contributed by atoms with Gasteiger partial charge in [0.2, 0.25) is 5.13 Å². The van der Waals surface area contributed by atoms with E-state index in [2.05, 4.69) is 20.2 Å². The smallest absolute Gasteiger partial charge is 0.264 e. The highest BCUT2D eigenvalue weighted by atomic mass is 32.2. The maximum absolute atomic E-state index is 12.1. The quantitative estimate of drug-likeness (QED) is 0.862. The number of nitrogens with one attached hydrogen (secondary N) is 2. The minimum Gasteiger partial charge on any atom is -0.315 e. The number of hydrogen-bond donors (Lipinski definition) is 2. The van der Waals surface area contributed by atoms with Gasteiger partial charge in [-0.25, -0.2) is 8.42 Å². The van der Waals surface area contributed by atoms with Crippen LogP contribution in [0.4, 0.5) is 5.13 Å². The van der Waals surface area contributed by atoms with Crippen molar-refractivity contribution in [1.82, 2.24) is 15.5 Å². The first-order valence-electron chi connectivity index (χ1n) is 4.63. The van der Waals surface area contributed by atoms with Gasteiger partial charge in [-0.1, -0.05) is 11.3 Å². The van der Waals surface area contributed by atoms with Crippen LogP contribution in [0.15, 0.2) is 21.9 Å². The molecular weight excluding hydrogens is 280 g/mol. The molecule has 9 heteroatoms. The number of nitrogens with zero attached hydrogens (tertiary/aromatic N) is 2. The van der Waals surface area contributed by atoms with E-state index in [9.17, 15) is 8.42 Å². The Morgan fingerprint density at radius 3 is 2.88 bits per heavy atom. The second-order valence-corrected chi connectivity index (χ2v) is 6.57. The van der Waals surface area contributed by atoms with Gasteiger partial charge < -0.3 is 5.32 Å². The number of anilines is 1. The minimum absolute atomic E-state index is 0.270. The molecule has 17 heavy (non-hydrogen) atoms. The molecule has 0 aliphatic carbocycles. The standard InChI is InChI=1S/C8H10N4O2S3/c1-9-4-6-7(2-3-15-6)17(13,14)12-8-11-10-5-16-8/h2-3,5,9H,4H2,1H3,(H,11,12). The predicted molar refractivity (Wildman–Crippen MR) is 67.8 cm³/mol. The van der Waals surface area contributed by atoms with Crippen molar-refractivity contribution >= 4 is 37.8 Å². The first kappa shape index (κ1) is 12.4. The second kappa shape index (κ2) is 5.08. The lowest BCUT2D eigenvalue weighted by Crippen LogP contribution is -2.15. The van der Waals surface area contributed by atoms with Gasteiger partial charge in [0.15, 0.2) is 0 Å². The van der Waals surface area contributed by atoms with E-state index >= 15 is 0 Å². The molecule has 0 saturated heterocycles. The highest BCUT2D eigenvalue weighted by Gasteiger charge is 2.20. The third-order valence-corrected chi connectivity index (χ3v) is 5.12. The molecule has 0 aliphatic rings. The highest BCUT2D eigenvalue weighted by Crippen LogP contribution is 2.24. The van der Waals surface area contributed by atoms with Crippen LogP contribution in [0.1, 0.15) is 4.88 Å². The molecule has 2 aromatic rings. The third kappa shape index (κ3) is 2.80. The number of aromatic nitrogens is 2. The van der Waals surface area contributed by atoms with Crippen molar-refractivity contribution in [3.8, 4) is 0 Å². The maximum atomic E-state index is 12.1. The Labute approximate surface area is 107 Å².